The lowest BCUT2D eigenvalue weighted by atomic mass is 10.0. The lowest BCUT2D eigenvalue weighted by molar-refractivity contribution is -0.384. The second-order valence-corrected chi connectivity index (χ2v) is 4.10. The number of non-ortho nitro benzene ring substituents is 1. The van der Waals surface area contributed by atoms with E-state index in [2.05, 4.69) is 9.97 Å². The molecular formula is C12H10N6O4. The number of phenols is 1. The van der Waals surface area contributed by atoms with Crippen molar-refractivity contribution in [2.24, 2.45) is 0 Å². The SMILES string of the molecule is COc1cc([N+](=O)[O-])cc(-c2nc(N)nc(N)c2C#N)c1O. The van der Waals surface area contributed by atoms with Gasteiger partial charge < -0.3 is 21.3 Å². The number of nitro benzene ring substituents is 1. The highest BCUT2D eigenvalue weighted by Gasteiger charge is 2.23. The number of nitriles is 1. The van der Waals surface area contributed by atoms with Gasteiger partial charge in [0.2, 0.25) is 5.95 Å². The first-order chi connectivity index (χ1) is 10.4. The number of nitrogen functional groups attached to an aromatic ring is 2. The van der Waals surface area contributed by atoms with E-state index in [0.717, 1.165) is 12.1 Å². The standard InChI is InChI=1S/C12H10N6O4/c1-22-8-3-5(18(20)21)2-6(10(8)19)9-7(4-13)11(14)17-12(15)16-9/h2-3,19H,1H3,(H4,14,15,16,17). The zero-order chi connectivity index (χ0) is 16.4. The average Bonchev–Trinajstić information content (AvgIpc) is 2.46. The van der Waals surface area contributed by atoms with Gasteiger partial charge in [-0.3, -0.25) is 10.1 Å². The number of aromatic nitrogens is 2. The van der Waals surface area contributed by atoms with Gasteiger partial charge in [-0.2, -0.15) is 10.2 Å². The van der Waals surface area contributed by atoms with Gasteiger partial charge in [-0.15, -0.1) is 0 Å². The first-order valence-corrected chi connectivity index (χ1v) is 5.77. The van der Waals surface area contributed by atoms with Crippen molar-refractivity contribution in [2.75, 3.05) is 18.6 Å². The zero-order valence-corrected chi connectivity index (χ0v) is 11.3. The Kier molecular flexibility index (Phi) is 3.64. The number of rotatable bonds is 3. The van der Waals surface area contributed by atoms with Gasteiger partial charge in [0.1, 0.15) is 17.5 Å². The Balaban J connectivity index is 2.86. The smallest absolute Gasteiger partial charge is 0.274 e. The van der Waals surface area contributed by atoms with Crippen molar-refractivity contribution in [1.29, 1.82) is 5.26 Å². The molecule has 112 valence electrons. The van der Waals surface area contributed by atoms with Gasteiger partial charge in [0.25, 0.3) is 5.69 Å². The van der Waals surface area contributed by atoms with E-state index in [9.17, 15) is 15.2 Å². The number of ether oxygens (including phenoxy) is 1. The van der Waals surface area contributed by atoms with E-state index in [1.165, 1.54) is 7.11 Å². The predicted molar refractivity (Wildman–Crippen MR) is 75.9 cm³/mol. The molecule has 2 aromatic rings. The molecule has 0 saturated heterocycles. The number of nitrogens with zero attached hydrogens (tertiary/aromatic N) is 4. The number of nitro groups is 1. The second kappa shape index (κ2) is 5.41. The third kappa shape index (κ3) is 2.38. The summed E-state index contributed by atoms with van der Waals surface area (Å²) < 4.78 is 4.89. The molecule has 1 aromatic heterocycles. The van der Waals surface area contributed by atoms with Gasteiger partial charge in [-0.05, 0) is 0 Å². The molecular weight excluding hydrogens is 292 g/mol. The molecule has 0 aliphatic rings. The maximum atomic E-state index is 11.0. The maximum absolute atomic E-state index is 11.0. The molecule has 0 radical (unpaired) electrons. The summed E-state index contributed by atoms with van der Waals surface area (Å²) in [7, 11) is 1.23. The van der Waals surface area contributed by atoms with Crippen LogP contribution in [0.3, 0.4) is 0 Å². The highest BCUT2D eigenvalue weighted by atomic mass is 16.6. The van der Waals surface area contributed by atoms with Crippen LogP contribution in [0.2, 0.25) is 0 Å². The molecule has 0 saturated carbocycles. The monoisotopic (exact) mass is 302 g/mol. The van der Waals surface area contributed by atoms with Crippen LogP contribution in [-0.2, 0) is 0 Å². The fraction of sp³-hybridized carbons (Fsp3) is 0.0833. The molecule has 1 heterocycles. The van der Waals surface area contributed by atoms with Crippen molar-refractivity contribution in [3.63, 3.8) is 0 Å². The Bertz CT molecular complexity index is 814. The van der Waals surface area contributed by atoms with Crippen molar-refractivity contribution in [3.8, 4) is 28.8 Å². The molecule has 10 nitrogen and oxygen atoms in total. The number of aromatic hydroxyl groups is 1. The third-order valence-corrected chi connectivity index (χ3v) is 2.81. The fourth-order valence-electron chi connectivity index (χ4n) is 1.84. The highest BCUT2D eigenvalue weighted by Crippen LogP contribution is 2.41. The summed E-state index contributed by atoms with van der Waals surface area (Å²) in [5, 5.41) is 30.3. The van der Waals surface area contributed by atoms with Crippen molar-refractivity contribution in [3.05, 3.63) is 27.8 Å². The molecule has 0 bridgehead atoms. The Hall–Kier alpha value is -3.61. The topological polar surface area (TPSA) is 174 Å². The Morgan fingerprint density at radius 2 is 2.09 bits per heavy atom. The third-order valence-electron chi connectivity index (χ3n) is 2.81. The van der Waals surface area contributed by atoms with Crippen LogP contribution in [0.5, 0.6) is 11.5 Å². The summed E-state index contributed by atoms with van der Waals surface area (Å²) >= 11 is 0. The van der Waals surface area contributed by atoms with Crippen molar-refractivity contribution in [2.45, 2.75) is 0 Å². The van der Waals surface area contributed by atoms with Crippen LogP contribution in [0.25, 0.3) is 11.3 Å². The van der Waals surface area contributed by atoms with Gasteiger partial charge in [-0.1, -0.05) is 0 Å². The van der Waals surface area contributed by atoms with Crippen molar-refractivity contribution < 1.29 is 14.8 Å². The quantitative estimate of drug-likeness (QED) is 0.546. The number of hydrogen-bond donors (Lipinski definition) is 3. The summed E-state index contributed by atoms with van der Waals surface area (Å²) in [5.74, 6) is -1.02. The van der Waals surface area contributed by atoms with Crippen LogP contribution in [0, 0.1) is 21.4 Å². The molecule has 0 atom stereocenters. The second-order valence-electron chi connectivity index (χ2n) is 4.10. The molecule has 0 aliphatic carbocycles. The van der Waals surface area contributed by atoms with E-state index < -0.39 is 10.7 Å². The fourth-order valence-corrected chi connectivity index (χ4v) is 1.84. The number of hydrogen-bond acceptors (Lipinski definition) is 9. The summed E-state index contributed by atoms with van der Waals surface area (Å²) in [6, 6.07) is 3.86. The summed E-state index contributed by atoms with van der Waals surface area (Å²) in [6.45, 7) is 0. The molecule has 22 heavy (non-hydrogen) atoms. The molecule has 0 spiro atoms. The average molecular weight is 302 g/mol. The largest absolute Gasteiger partial charge is 0.504 e. The van der Waals surface area contributed by atoms with E-state index in [1.54, 1.807) is 6.07 Å². The molecule has 10 heteroatoms. The van der Waals surface area contributed by atoms with E-state index in [-0.39, 0.29) is 40.0 Å². The van der Waals surface area contributed by atoms with E-state index in [1.807, 2.05) is 0 Å². The highest BCUT2D eigenvalue weighted by molar-refractivity contribution is 5.80. The summed E-state index contributed by atoms with van der Waals surface area (Å²) in [5.41, 5.74) is 10.3. The van der Waals surface area contributed by atoms with Crippen LogP contribution >= 0.6 is 0 Å². The van der Waals surface area contributed by atoms with Crippen LogP contribution < -0.4 is 16.2 Å². The number of phenolic OH excluding ortho intramolecular Hbond substituents is 1. The van der Waals surface area contributed by atoms with Crippen LogP contribution in [0.4, 0.5) is 17.5 Å². The first kappa shape index (κ1) is 14.8. The van der Waals surface area contributed by atoms with Gasteiger partial charge in [-0.25, -0.2) is 4.98 Å². The van der Waals surface area contributed by atoms with Gasteiger partial charge in [0.15, 0.2) is 11.5 Å². The summed E-state index contributed by atoms with van der Waals surface area (Å²) in [6.07, 6.45) is 0. The Morgan fingerprint density at radius 1 is 1.41 bits per heavy atom. The first-order valence-electron chi connectivity index (χ1n) is 5.77. The van der Waals surface area contributed by atoms with Gasteiger partial charge in [0, 0.05) is 6.07 Å². The van der Waals surface area contributed by atoms with Crippen molar-refractivity contribution in [1.82, 2.24) is 9.97 Å². The predicted octanol–water partition coefficient (Wildman–Crippen LogP) is 0.802. The minimum atomic E-state index is -0.675. The van der Waals surface area contributed by atoms with Crippen molar-refractivity contribution >= 4 is 17.5 Å². The number of anilines is 2. The van der Waals surface area contributed by atoms with E-state index in [0.29, 0.717) is 0 Å². The number of benzene rings is 1. The molecule has 0 aliphatic heterocycles. The lowest BCUT2D eigenvalue weighted by Gasteiger charge is -2.11. The van der Waals surface area contributed by atoms with Gasteiger partial charge >= 0.3 is 0 Å². The molecule has 5 N–H and O–H groups in total. The molecule has 2 rings (SSSR count). The molecule has 0 amide bonds. The van der Waals surface area contributed by atoms with Crippen LogP contribution in [0.15, 0.2) is 12.1 Å². The minimum absolute atomic E-state index is 0.108. The van der Waals surface area contributed by atoms with E-state index in [4.69, 9.17) is 21.5 Å². The summed E-state index contributed by atoms with van der Waals surface area (Å²) in [4.78, 5) is 17.8. The maximum Gasteiger partial charge on any atom is 0.274 e. The molecule has 0 unspecified atom stereocenters. The molecule has 1 aromatic carbocycles. The minimum Gasteiger partial charge on any atom is -0.504 e. The normalized spacial score (nSPS) is 10.0. The van der Waals surface area contributed by atoms with Crippen LogP contribution in [-0.4, -0.2) is 27.1 Å². The van der Waals surface area contributed by atoms with Gasteiger partial charge in [0.05, 0.1) is 29.4 Å². The molecule has 0 fully saturated rings. The van der Waals surface area contributed by atoms with Crippen LogP contribution in [0.1, 0.15) is 5.56 Å². The number of nitrogens with two attached hydrogens (primary N) is 2. The zero-order valence-electron chi connectivity index (χ0n) is 11.3. The Morgan fingerprint density at radius 3 is 2.64 bits per heavy atom. The lowest BCUT2D eigenvalue weighted by Crippen LogP contribution is -2.05. The number of methoxy groups -OCH3 is 1. The van der Waals surface area contributed by atoms with E-state index >= 15 is 0 Å². The Labute approximate surface area is 123 Å².